The first-order valence-electron chi connectivity index (χ1n) is 17.0. The molecule has 5 heterocycles. The van der Waals surface area contributed by atoms with Crippen molar-refractivity contribution in [1.29, 1.82) is 0 Å². The van der Waals surface area contributed by atoms with Gasteiger partial charge in [-0.15, -0.1) is 10.2 Å². The maximum Gasteiger partial charge on any atom is 0.308 e. The molecule has 0 unspecified atom stereocenters. The highest BCUT2D eigenvalue weighted by atomic mass is 16.7. The molecule has 1 spiro atoms. The summed E-state index contributed by atoms with van der Waals surface area (Å²) in [6.45, 7) is 6.00. The molecule has 0 amide bonds. The average molecular weight is 641 g/mol. The Morgan fingerprint density at radius 1 is 0.979 bits per heavy atom. The molecule has 248 valence electrons. The number of rotatable bonds is 8. The van der Waals surface area contributed by atoms with E-state index in [0.29, 0.717) is 23.4 Å². The van der Waals surface area contributed by atoms with Gasteiger partial charge in [-0.2, -0.15) is 0 Å². The molecule has 4 fully saturated rings. The van der Waals surface area contributed by atoms with Gasteiger partial charge in [-0.3, -0.25) is 9.69 Å². The quantitative estimate of drug-likeness (QED) is 0.284. The fraction of sp³-hybridized carbons (Fsp3) is 0.571. The van der Waals surface area contributed by atoms with Gasteiger partial charge in [-0.25, -0.2) is 9.97 Å². The van der Waals surface area contributed by atoms with Crippen molar-refractivity contribution in [2.24, 2.45) is 11.3 Å². The van der Waals surface area contributed by atoms with Gasteiger partial charge in [0.15, 0.2) is 12.6 Å². The van der Waals surface area contributed by atoms with Crippen LogP contribution in [0.4, 0.5) is 17.5 Å². The lowest BCUT2D eigenvalue weighted by Gasteiger charge is -2.57. The van der Waals surface area contributed by atoms with E-state index in [4.69, 9.17) is 24.2 Å². The predicted molar refractivity (Wildman–Crippen MR) is 178 cm³/mol. The van der Waals surface area contributed by atoms with Gasteiger partial charge in [0.25, 0.3) is 0 Å². The number of ether oxygens (including phenoxy) is 3. The van der Waals surface area contributed by atoms with Gasteiger partial charge in [0.1, 0.15) is 5.75 Å². The van der Waals surface area contributed by atoms with Crippen molar-refractivity contribution in [2.75, 3.05) is 75.4 Å². The number of anilines is 3. The zero-order valence-electron chi connectivity index (χ0n) is 27.3. The standard InChI is InChI=1S/C35H44N8O4/c1-45-22-47-31-6-4-3-5-28(31)29-13-30-32(40-39-29)36-20-27-21-42(11-12-43(27)30)26-7-9-41(10-8-26)34-37-18-25(19-38-34)23-14-35(15-23)16-24(17-35)33(44)46-2/h3-6,13,18-19,23-24,26-27H,7-12,14-17,20-22H2,1-2H3,(H,36,40)/t23?,24?,27-,35?/m0/s1. The fourth-order valence-corrected chi connectivity index (χ4v) is 8.71. The average Bonchev–Trinajstić information content (AvgIpc) is 3.09. The van der Waals surface area contributed by atoms with Crippen LogP contribution < -0.4 is 19.9 Å². The Balaban J connectivity index is 0.846. The van der Waals surface area contributed by atoms with Gasteiger partial charge in [0.2, 0.25) is 5.95 Å². The normalized spacial score (nSPS) is 27.2. The molecule has 1 aromatic carbocycles. The summed E-state index contributed by atoms with van der Waals surface area (Å²) >= 11 is 0. The van der Waals surface area contributed by atoms with Crippen LogP contribution in [0, 0.1) is 11.3 Å². The first kappa shape index (κ1) is 30.3. The van der Waals surface area contributed by atoms with E-state index in [1.165, 1.54) is 12.7 Å². The lowest BCUT2D eigenvalue weighted by atomic mass is 9.47. The number of nitrogens with zero attached hydrogens (tertiary/aromatic N) is 7. The number of hydrogen-bond donors (Lipinski definition) is 1. The molecular formula is C35H44N8O4. The predicted octanol–water partition coefficient (Wildman–Crippen LogP) is 3.95. The summed E-state index contributed by atoms with van der Waals surface area (Å²) in [5, 5.41) is 12.6. The number of nitrogens with one attached hydrogen (secondary N) is 1. The Kier molecular flexibility index (Phi) is 8.08. The molecule has 2 aromatic heterocycles. The number of carbonyl (C=O) groups excluding carboxylic acids is 1. The maximum atomic E-state index is 11.8. The molecule has 5 aliphatic rings. The van der Waals surface area contributed by atoms with Crippen molar-refractivity contribution in [3.63, 3.8) is 0 Å². The Bertz CT molecular complexity index is 1580. The first-order chi connectivity index (χ1) is 23.0. The molecule has 3 aliphatic heterocycles. The molecule has 12 nitrogen and oxygen atoms in total. The molecule has 2 aliphatic carbocycles. The highest BCUT2D eigenvalue weighted by Crippen LogP contribution is 2.64. The molecule has 1 atom stereocenters. The van der Waals surface area contributed by atoms with Crippen LogP contribution in [0.3, 0.4) is 0 Å². The van der Waals surface area contributed by atoms with Crippen molar-refractivity contribution >= 4 is 23.4 Å². The molecular weight excluding hydrogens is 596 g/mol. The largest absolute Gasteiger partial charge is 0.469 e. The molecule has 3 aromatic rings. The SMILES string of the molecule is COCOc1ccccc1-c1cc2c(nn1)NC[C@H]1CN(C3CCN(c4ncc(C5CC6(CC(C(=O)OC)C6)C5)cn4)CC3)CCN21. The number of para-hydroxylation sites is 1. The minimum absolute atomic E-state index is 0.0494. The maximum absolute atomic E-state index is 11.8. The first-order valence-corrected chi connectivity index (χ1v) is 17.0. The summed E-state index contributed by atoms with van der Waals surface area (Å²) in [6.07, 6.45) is 10.5. The smallest absolute Gasteiger partial charge is 0.308 e. The van der Waals surface area contributed by atoms with E-state index in [9.17, 15) is 4.79 Å². The van der Waals surface area contributed by atoms with Crippen LogP contribution in [-0.2, 0) is 14.3 Å². The second-order valence-corrected chi connectivity index (χ2v) is 14.0. The number of esters is 1. The van der Waals surface area contributed by atoms with E-state index in [1.54, 1.807) is 7.11 Å². The second kappa shape index (κ2) is 12.5. The molecule has 2 saturated heterocycles. The van der Waals surface area contributed by atoms with Gasteiger partial charge >= 0.3 is 5.97 Å². The highest BCUT2D eigenvalue weighted by molar-refractivity contribution is 5.77. The summed E-state index contributed by atoms with van der Waals surface area (Å²) in [5.41, 5.74) is 4.39. The molecule has 1 N–H and O–H groups in total. The summed E-state index contributed by atoms with van der Waals surface area (Å²) in [6, 6.07) is 11.0. The van der Waals surface area contributed by atoms with Crippen LogP contribution in [0.15, 0.2) is 42.7 Å². The molecule has 47 heavy (non-hydrogen) atoms. The third kappa shape index (κ3) is 5.75. The second-order valence-electron chi connectivity index (χ2n) is 14.0. The minimum Gasteiger partial charge on any atom is -0.469 e. The zero-order valence-corrected chi connectivity index (χ0v) is 27.3. The molecule has 0 radical (unpaired) electrons. The van der Waals surface area contributed by atoms with Gasteiger partial charge in [0, 0.05) is 70.4 Å². The summed E-state index contributed by atoms with van der Waals surface area (Å²) in [4.78, 5) is 28.9. The lowest BCUT2D eigenvalue weighted by molar-refractivity contribution is -0.159. The van der Waals surface area contributed by atoms with Crippen molar-refractivity contribution in [2.45, 2.75) is 56.5 Å². The molecule has 2 saturated carbocycles. The molecule has 12 heteroatoms. The van der Waals surface area contributed by atoms with E-state index >= 15 is 0 Å². The lowest BCUT2D eigenvalue weighted by Crippen LogP contribution is -2.61. The fourth-order valence-electron chi connectivity index (χ4n) is 8.71. The third-order valence-electron chi connectivity index (χ3n) is 11.2. The number of aromatic nitrogens is 4. The topological polar surface area (TPSA) is 118 Å². The van der Waals surface area contributed by atoms with E-state index in [-0.39, 0.29) is 18.7 Å². The summed E-state index contributed by atoms with van der Waals surface area (Å²) in [7, 11) is 3.11. The Hall–Kier alpha value is -4.03. The van der Waals surface area contributed by atoms with Gasteiger partial charge in [-0.1, -0.05) is 12.1 Å². The van der Waals surface area contributed by atoms with Crippen LogP contribution in [0.5, 0.6) is 5.75 Å². The number of benzene rings is 1. The summed E-state index contributed by atoms with van der Waals surface area (Å²) < 4.78 is 15.8. The Labute approximate surface area is 275 Å². The van der Waals surface area contributed by atoms with Crippen LogP contribution in [0.2, 0.25) is 0 Å². The molecule has 8 rings (SSSR count). The third-order valence-corrected chi connectivity index (χ3v) is 11.2. The van der Waals surface area contributed by atoms with Crippen molar-refractivity contribution in [3.8, 4) is 17.0 Å². The van der Waals surface area contributed by atoms with Crippen LogP contribution in [-0.4, -0.2) is 103 Å². The summed E-state index contributed by atoms with van der Waals surface area (Å²) in [5.74, 6) is 2.99. The van der Waals surface area contributed by atoms with Gasteiger partial charge in [0.05, 0.1) is 30.5 Å². The number of methoxy groups -OCH3 is 2. The minimum atomic E-state index is -0.0494. The zero-order chi connectivity index (χ0) is 32.0. The Morgan fingerprint density at radius 3 is 2.53 bits per heavy atom. The van der Waals surface area contributed by atoms with E-state index in [0.717, 1.165) is 112 Å². The highest BCUT2D eigenvalue weighted by Gasteiger charge is 2.55. The van der Waals surface area contributed by atoms with Crippen LogP contribution in [0.25, 0.3) is 11.3 Å². The van der Waals surface area contributed by atoms with Crippen LogP contribution >= 0.6 is 0 Å². The Morgan fingerprint density at radius 2 is 1.77 bits per heavy atom. The number of piperazine rings is 1. The van der Waals surface area contributed by atoms with E-state index < -0.39 is 0 Å². The van der Waals surface area contributed by atoms with Crippen molar-refractivity contribution in [1.82, 2.24) is 25.1 Å². The van der Waals surface area contributed by atoms with Crippen molar-refractivity contribution in [3.05, 3.63) is 48.3 Å². The van der Waals surface area contributed by atoms with Crippen LogP contribution in [0.1, 0.15) is 50.0 Å². The monoisotopic (exact) mass is 640 g/mol. The molecule has 0 bridgehead atoms. The number of carbonyl (C=O) groups is 1. The van der Waals surface area contributed by atoms with Gasteiger partial charge < -0.3 is 29.3 Å². The van der Waals surface area contributed by atoms with Crippen molar-refractivity contribution < 1.29 is 19.0 Å². The van der Waals surface area contributed by atoms with E-state index in [2.05, 4.69) is 36.3 Å². The van der Waals surface area contributed by atoms with Gasteiger partial charge in [-0.05, 0) is 73.6 Å². The number of hydrogen-bond acceptors (Lipinski definition) is 12. The van der Waals surface area contributed by atoms with E-state index in [1.807, 2.05) is 36.7 Å². The number of piperidine rings is 1. The number of fused-ring (bicyclic) bond motifs is 3.